The second-order valence-electron chi connectivity index (χ2n) is 5.92. The molecule has 122 valence electrons. The molecule has 1 amide bonds. The van der Waals surface area contributed by atoms with Crippen molar-refractivity contribution in [2.75, 3.05) is 6.61 Å². The summed E-state index contributed by atoms with van der Waals surface area (Å²) in [7, 11) is 0. The molecule has 0 radical (unpaired) electrons. The van der Waals surface area contributed by atoms with Crippen molar-refractivity contribution in [2.24, 2.45) is 5.92 Å². The molecule has 21 heavy (non-hydrogen) atoms. The van der Waals surface area contributed by atoms with Crippen molar-refractivity contribution in [3.05, 3.63) is 0 Å². The summed E-state index contributed by atoms with van der Waals surface area (Å²) < 4.78 is 5.48. The molecule has 1 saturated carbocycles. The van der Waals surface area contributed by atoms with E-state index < -0.39 is 18.0 Å². The van der Waals surface area contributed by atoms with Crippen LogP contribution in [0, 0.1) is 5.92 Å². The lowest BCUT2D eigenvalue weighted by molar-refractivity contribution is -0.144. The van der Waals surface area contributed by atoms with E-state index in [9.17, 15) is 14.7 Å². The molecule has 1 fully saturated rings. The van der Waals surface area contributed by atoms with Crippen LogP contribution in [0.2, 0.25) is 0 Å². The average molecular weight is 299 g/mol. The minimum absolute atomic E-state index is 0.192. The summed E-state index contributed by atoms with van der Waals surface area (Å²) >= 11 is 0. The highest BCUT2D eigenvalue weighted by Gasteiger charge is 2.30. The molecule has 0 spiro atoms. The van der Waals surface area contributed by atoms with Gasteiger partial charge in [-0.05, 0) is 26.2 Å². The largest absolute Gasteiger partial charge is 0.481 e. The molecule has 1 rings (SSSR count). The Morgan fingerprint density at radius 1 is 1.24 bits per heavy atom. The van der Waals surface area contributed by atoms with E-state index in [1.807, 2.05) is 0 Å². The van der Waals surface area contributed by atoms with Gasteiger partial charge in [0.1, 0.15) is 6.10 Å². The molecule has 0 aliphatic heterocycles. The van der Waals surface area contributed by atoms with Crippen LogP contribution in [0.4, 0.5) is 0 Å². The Bertz CT molecular complexity index is 332. The van der Waals surface area contributed by atoms with E-state index in [4.69, 9.17) is 4.74 Å². The van der Waals surface area contributed by atoms with Crippen LogP contribution in [0.5, 0.6) is 0 Å². The molecule has 0 saturated heterocycles. The zero-order chi connectivity index (χ0) is 15.7. The molecule has 1 aliphatic rings. The number of unbranched alkanes of at least 4 members (excludes halogenated alkanes) is 1. The number of ether oxygens (including phenoxy) is 1. The first-order valence-corrected chi connectivity index (χ1v) is 8.21. The number of hydrogen-bond acceptors (Lipinski definition) is 3. The number of carbonyl (C=O) groups is 2. The molecule has 0 aromatic rings. The Hall–Kier alpha value is -1.10. The van der Waals surface area contributed by atoms with Crippen LogP contribution in [0.3, 0.4) is 0 Å². The molecule has 1 aliphatic carbocycles. The van der Waals surface area contributed by atoms with Crippen LogP contribution in [0.15, 0.2) is 0 Å². The summed E-state index contributed by atoms with van der Waals surface area (Å²) in [6.45, 7) is 4.36. The Balaban J connectivity index is 2.53. The lowest BCUT2D eigenvalue weighted by Gasteiger charge is -2.28. The van der Waals surface area contributed by atoms with Crippen molar-refractivity contribution >= 4 is 11.9 Å². The highest BCUT2D eigenvalue weighted by atomic mass is 16.5. The summed E-state index contributed by atoms with van der Waals surface area (Å²) in [6.07, 6.45) is 6.91. The van der Waals surface area contributed by atoms with Gasteiger partial charge in [0.15, 0.2) is 0 Å². The topological polar surface area (TPSA) is 75.6 Å². The molecular formula is C16H29NO4. The molecule has 0 bridgehead atoms. The summed E-state index contributed by atoms with van der Waals surface area (Å²) in [5.41, 5.74) is 0. The lowest BCUT2D eigenvalue weighted by Crippen LogP contribution is -2.47. The first-order valence-electron chi connectivity index (χ1n) is 8.21. The van der Waals surface area contributed by atoms with Crippen molar-refractivity contribution < 1.29 is 19.4 Å². The van der Waals surface area contributed by atoms with E-state index in [2.05, 4.69) is 12.2 Å². The summed E-state index contributed by atoms with van der Waals surface area (Å²) in [5, 5.41) is 12.3. The van der Waals surface area contributed by atoms with Gasteiger partial charge in [0.25, 0.3) is 0 Å². The smallest absolute Gasteiger partial charge is 0.308 e. The van der Waals surface area contributed by atoms with Crippen LogP contribution in [0.1, 0.15) is 65.2 Å². The predicted octanol–water partition coefficient (Wildman–Crippen LogP) is 2.73. The van der Waals surface area contributed by atoms with Crippen LogP contribution in [-0.4, -0.2) is 35.7 Å². The highest BCUT2D eigenvalue weighted by Crippen LogP contribution is 2.23. The molecule has 3 atom stereocenters. The van der Waals surface area contributed by atoms with Crippen molar-refractivity contribution in [3.8, 4) is 0 Å². The summed E-state index contributed by atoms with van der Waals surface area (Å²) in [6, 6.07) is -0.271. The maximum atomic E-state index is 12.1. The fourth-order valence-electron chi connectivity index (χ4n) is 2.73. The zero-order valence-electron chi connectivity index (χ0n) is 13.3. The minimum Gasteiger partial charge on any atom is -0.481 e. The third-order valence-corrected chi connectivity index (χ3v) is 4.15. The normalized spacial score (nSPS) is 24.7. The van der Waals surface area contributed by atoms with Gasteiger partial charge in [-0.25, -0.2) is 0 Å². The molecule has 0 aromatic heterocycles. The number of rotatable bonds is 7. The van der Waals surface area contributed by atoms with E-state index >= 15 is 0 Å². The van der Waals surface area contributed by atoms with E-state index in [0.29, 0.717) is 13.0 Å². The van der Waals surface area contributed by atoms with E-state index in [1.165, 1.54) is 0 Å². The van der Waals surface area contributed by atoms with Gasteiger partial charge in [-0.15, -0.1) is 0 Å². The van der Waals surface area contributed by atoms with Gasteiger partial charge in [-0.1, -0.05) is 39.0 Å². The maximum absolute atomic E-state index is 12.1. The second-order valence-corrected chi connectivity index (χ2v) is 5.92. The monoisotopic (exact) mass is 299 g/mol. The first kappa shape index (κ1) is 18.0. The predicted molar refractivity (Wildman–Crippen MR) is 81.1 cm³/mol. The molecule has 3 unspecified atom stereocenters. The van der Waals surface area contributed by atoms with Gasteiger partial charge in [0.2, 0.25) is 5.91 Å². The van der Waals surface area contributed by atoms with E-state index in [-0.39, 0.29) is 11.9 Å². The van der Waals surface area contributed by atoms with E-state index in [0.717, 1.165) is 44.9 Å². The van der Waals surface area contributed by atoms with Crippen LogP contribution in [-0.2, 0) is 14.3 Å². The average Bonchev–Trinajstić information content (AvgIpc) is 2.41. The van der Waals surface area contributed by atoms with Gasteiger partial charge < -0.3 is 15.2 Å². The number of carboxylic acid groups (broad SMARTS) is 1. The Morgan fingerprint density at radius 2 is 1.90 bits per heavy atom. The fraction of sp³-hybridized carbons (Fsp3) is 0.875. The van der Waals surface area contributed by atoms with Gasteiger partial charge >= 0.3 is 5.97 Å². The van der Waals surface area contributed by atoms with Gasteiger partial charge in [0.05, 0.1) is 5.92 Å². The van der Waals surface area contributed by atoms with Crippen molar-refractivity contribution in [1.29, 1.82) is 0 Å². The Kier molecular flexibility index (Phi) is 8.35. The van der Waals surface area contributed by atoms with Gasteiger partial charge in [0, 0.05) is 12.6 Å². The number of amides is 1. The highest BCUT2D eigenvalue weighted by molar-refractivity contribution is 5.81. The maximum Gasteiger partial charge on any atom is 0.308 e. The lowest BCUT2D eigenvalue weighted by atomic mass is 9.86. The number of hydrogen-bond donors (Lipinski definition) is 2. The number of carboxylic acids is 1. The zero-order valence-corrected chi connectivity index (χ0v) is 13.3. The standard InChI is InChI=1S/C16H29NO4/c1-3-4-11-21-12(2)15(18)17-14-10-8-6-5-7-9-13(14)16(19)20/h12-14H,3-11H2,1-2H3,(H,17,18)(H,19,20). The van der Waals surface area contributed by atoms with Gasteiger partial charge in [-0.2, -0.15) is 0 Å². The Morgan fingerprint density at radius 3 is 2.52 bits per heavy atom. The number of nitrogens with one attached hydrogen (secondary N) is 1. The minimum atomic E-state index is -0.804. The Labute approximate surface area is 127 Å². The number of carbonyl (C=O) groups excluding carboxylic acids is 1. The number of aliphatic carboxylic acids is 1. The van der Waals surface area contributed by atoms with Crippen LogP contribution in [0.25, 0.3) is 0 Å². The van der Waals surface area contributed by atoms with Crippen LogP contribution >= 0.6 is 0 Å². The van der Waals surface area contributed by atoms with Crippen molar-refractivity contribution in [3.63, 3.8) is 0 Å². The molecule has 5 heteroatoms. The molecule has 0 aromatic carbocycles. The summed E-state index contributed by atoms with van der Waals surface area (Å²) in [5.74, 6) is -1.47. The van der Waals surface area contributed by atoms with E-state index in [1.54, 1.807) is 6.92 Å². The third-order valence-electron chi connectivity index (χ3n) is 4.15. The third kappa shape index (κ3) is 6.46. The molecule has 5 nitrogen and oxygen atoms in total. The quantitative estimate of drug-likeness (QED) is 0.709. The van der Waals surface area contributed by atoms with Crippen LogP contribution < -0.4 is 5.32 Å². The second kappa shape index (κ2) is 9.77. The molecule has 2 N–H and O–H groups in total. The fourth-order valence-corrected chi connectivity index (χ4v) is 2.73. The van der Waals surface area contributed by atoms with Crippen molar-refractivity contribution in [2.45, 2.75) is 77.4 Å². The van der Waals surface area contributed by atoms with Crippen molar-refractivity contribution in [1.82, 2.24) is 5.32 Å². The molecule has 0 heterocycles. The first-order chi connectivity index (χ1) is 10.1. The molecular weight excluding hydrogens is 270 g/mol. The van der Waals surface area contributed by atoms with Gasteiger partial charge in [-0.3, -0.25) is 9.59 Å². The SMILES string of the molecule is CCCCOC(C)C(=O)NC1CCCCCCC1C(=O)O. The summed E-state index contributed by atoms with van der Waals surface area (Å²) in [4.78, 5) is 23.6.